The van der Waals surface area contributed by atoms with Gasteiger partial charge in [0.2, 0.25) is 0 Å². The van der Waals surface area contributed by atoms with E-state index in [1.54, 1.807) is 0 Å². The molecule has 0 fully saturated rings. The van der Waals surface area contributed by atoms with Gasteiger partial charge in [-0.1, -0.05) is 52.0 Å². The van der Waals surface area contributed by atoms with Crippen LogP contribution in [-0.2, 0) is 6.42 Å². The highest BCUT2D eigenvalue weighted by Crippen LogP contribution is 2.26. The second-order valence-electron chi connectivity index (χ2n) is 5.71. The summed E-state index contributed by atoms with van der Waals surface area (Å²) in [6, 6.07) is 8.87. The van der Waals surface area contributed by atoms with E-state index >= 15 is 0 Å². The fourth-order valence-electron chi connectivity index (χ4n) is 1.96. The zero-order valence-electron chi connectivity index (χ0n) is 11.0. The van der Waals surface area contributed by atoms with Crippen LogP contribution in [0, 0.1) is 5.41 Å². The molecule has 0 bridgehead atoms. The molecule has 90 valence electrons. The van der Waals surface area contributed by atoms with Gasteiger partial charge in [0.25, 0.3) is 0 Å². The lowest BCUT2D eigenvalue weighted by Gasteiger charge is -2.23. The van der Waals surface area contributed by atoms with Crippen molar-refractivity contribution in [1.29, 1.82) is 0 Å². The van der Waals surface area contributed by atoms with Crippen LogP contribution in [0.5, 0.6) is 0 Å². The van der Waals surface area contributed by atoms with Gasteiger partial charge in [-0.2, -0.15) is 0 Å². The van der Waals surface area contributed by atoms with Crippen molar-refractivity contribution < 1.29 is 5.11 Å². The maximum atomic E-state index is 9.00. The third-order valence-electron chi connectivity index (χ3n) is 3.12. The molecule has 0 aliphatic rings. The van der Waals surface area contributed by atoms with Crippen LogP contribution >= 0.6 is 0 Å². The van der Waals surface area contributed by atoms with E-state index in [0.717, 1.165) is 12.8 Å². The molecule has 0 atom stereocenters. The van der Waals surface area contributed by atoms with Crippen LogP contribution in [0.1, 0.15) is 51.2 Å². The lowest BCUT2D eigenvalue weighted by Crippen LogP contribution is -2.16. The number of hydrogen-bond donors (Lipinski definition) is 1. The van der Waals surface area contributed by atoms with Crippen molar-refractivity contribution in [3.63, 3.8) is 0 Å². The average molecular weight is 220 g/mol. The van der Waals surface area contributed by atoms with Gasteiger partial charge >= 0.3 is 0 Å². The molecule has 0 amide bonds. The second-order valence-corrected chi connectivity index (χ2v) is 5.71. The molecule has 0 aromatic heterocycles. The van der Waals surface area contributed by atoms with E-state index in [2.05, 4.69) is 52.0 Å². The first kappa shape index (κ1) is 13.2. The highest BCUT2D eigenvalue weighted by molar-refractivity contribution is 5.25. The molecule has 0 saturated carbocycles. The molecule has 0 heterocycles. The average Bonchev–Trinajstić information content (AvgIpc) is 2.17. The summed E-state index contributed by atoms with van der Waals surface area (Å²) in [4.78, 5) is 0. The monoisotopic (exact) mass is 220 g/mol. The topological polar surface area (TPSA) is 20.2 Å². The van der Waals surface area contributed by atoms with Crippen molar-refractivity contribution in [2.24, 2.45) is 5.41 Å². The SMILES string of the molecule is CC(C)c1ccc(CC(C)(C)CCO)cc1. The summed E-state index contributed by atoms with van der Waals surface area (Å²) in [5, 5.41) is 9.00. The molecule has 1 heteroatoms. The molecule has 0 aliphatic carbocycles. The first-order valence-corrected chi connectivity index (χ1v) is 6.14. The lowest BCUT2D eigenvalue weighted by molar-refractivity contribution is 0.211. The molecule has 0 radical (unpaired) electrons. The van der Waals surface area contributed by atoms with Crippen molar-refractivity contribution in [3.05, 3.63) is 35.4 Å². The van der Waals surface area contributed by atoms with E-state index in [4.69, 9.17) is 5.11 Å². The van der Waals surface area contributed by atoms with Crippen LogP contribution in [0.4, 0.5) is 0 Å². The molecular formula is C15H24O. The zero-order valence-corrected chi connectivity index (χ0v) is 11.0. The van der Waals surface area contributed by atoms with Gasteiger partial charge < -0.3 is 5.11 Å². The van der Waals surface area contributed by atoms with Gasteiger partial charge in [-0.3, -0.25) is 0 Å². The Bertz CT molecular complexity index is 309. The fourth-order valence-corrected chi connectivity index (χ4v) is 1.96. The van der Waals surface area contributed by atoms with E-state index in [0.29, 0.717) is 5.92 Å². The van der Waals surface area contributed by atoms with E-state index in [9.17, 15) is 0 Å². The quantitative estimate of drug-likeness (QED) is 0.801. The maximum absolute atomic E-state index is 9.00. The number of benzene rings is 1. The molecule has 0 aliphatic heterocycles. The molecule has 0 saturated heterocycles. The van der Waals surface area contributed by atoms with Crippen LogP contribution in [0.3, 0.4) is 0 Å². The van der Waals surface area contributed by atoms with Crippen molar-refractivity contribution in [3.8, 4) is 0 Å². The van der Waals surface area contributed by atoms with Crippen molar-refractivity contribution >= 4 is 0 Å². The van der Waals surface area contributed by atoms with Gasteiger partial charge in [-0.15, -0.1) is 0 Å². The molecule has 1 nitrogen and oxygen atoms in total. The molecule has 0 spiro atoms. The van der Waals surface area contributed by atoms with Crippen LogP contribution in [0.15, 0.2) is 24.3 Å². The maximum Gasteiger partial charge on any atom is 0.0436 e. The fraction of sp³-hybridized carbons (Fsp3) is 0.600. The molecule has 1 rings (SSSR count). The first-order chi connectivity index (χ1) is 7.44. The van der Waals surface area contributed by atoms with Crippen LogP contribution in [0.25, 0.3) is 0 Å². The summed E-state index contributed by atoms with van der Waals surface area (Å²) >= 11 is 0. The normalized spacial score (nSPS) is 12.1. The zero-order chi connectivity index (χ0) is 12.2. The predicted molar refractivity (Wildman–Crippen MR) is 69.7 cm³/mol. The Balaban J connectivity index is 2.68. The molecule has 1 N–H and O–H groups in total. The Morgan fingerprint density at radius 2 is 1.69 bits per heavy atom. The van der Waals surface area contributed by atoms with Crippen LogP contribution < -0.4 is 0 Å². The minimum absolute atomic E-state index is 0.189. The minimum atomic E-state index is 0.189. The Hall–Kier alpha value is -0.820. The molecule has 0 unspecified atom stereocenters. The van der Waals surface area contributed by atoms with Gasteiger partial charge in [0.15, 0.2) is 0 Å². The Kier molecular flexibility index (Phi) is 4.55. The van der Waals surface area contributed by atoms with Crippen molar-refractivity contribution in [2.75, 3.05) is 6.61 Å². The largest absolute Gasteiger partial charge is 0.396 e. The third kappa shape index (κ3) is 3.97. The Morgan fingerprint density at radius 1 is 1.12 bits per heavy atom. The van der Waals surface area contributed by atoms with E-state index in [1.165, 1.54) is 11.1 Å². The Morgan fingerprint density at radius 3 is 2.12 bits per heavy atom. The molecule has 1 aromatic carbocycles. The molecule has 16 heavy (non-hydrogen) atoms. The van der Waals surface area contributed by atoms with E-state index in [-0.39, 0.29) is 12.0 Å². The lowest BCUT2D eigenvalue weighted by atomic mass is 9.82. The third-order valence-corrected chi connectivity index (χ3v) is 3.12. The summed E-state index contributed by atoms with van der Waals surface area (Å²) in [5.41, 5.74) is 2.94. The molecule has 1 aromatic rings. The Labute approximate surface area is 99.5 Å². The summed E-state index contributed by atoms with van der Waals surface area (Å²) in [6.07, 6.45) is 1.89. The van der Waals surface area contributed by atoms with Crippen molar-refractivity contribution in [2.45, 2.75) is 46.5 Å². The highest BCUT2D eigenvalue weighted by Gasteiger charge is 2.17. The number of rotatable bonds is 5. The van der Waals surface area contributed by atoms with Gasteiger partial charge in [0.1, 0.15) is 0 Å². The second kappa shape index (κ2) is 5.49. The summed E-state index contributed by atoms with van der Waals surface area (Å²) < 4.78 is 0. The van der Waals surface area contributed by atoms with E-state index < -0.39 is 0 Å². The number of hydrogen-bond acceptors (Lipinski definition) is 1. The summed E-state index contributed by atoms with van der Waals surface area (Å²) in [6.45, 7) is 9.12. The van der Waals surface area contributed by atoms with Gasteiger partial charge in [-0.25, -0.2) is 0 Å². The van der Waals surface area contributed by atoms with Crippen molar-refractivity contribution in [1.82, 2.24) is 0 Å². The van der Waals surface area contributed by atoms with Crippen LogP contribution in [-0.4, -0.2) is 11.7 Å². The standard InChI is InChI=1S/C15H24O/c1-12(2)14-7-5-13(6-8-14)11-15(3,4)9-10-16/h5-8,12,16H,9-11H2,1-4H3. The minimum Gasteiger partial charge on any atom is -0.396 e. The van der Waals surface area contributed by atoms with Gasteiger partial charge in [-0.05, 0) is 35.3 Å². The summed E-state index contributed by atoms with van der Waals surface area (Å²) in [5.74, 6) is 0.597. The predicted octanol–water partition coefficient (Wildman–Crippen LogP) is 3.76. The van der Waals surface area contributed by atoms with Crippen LogP contribution in [0.2, 0.25) is 0 Å². The van der Waals surface area contributed by atoms with Gasteiger partial charge in [0, 0.05) is 6.61 Å². The number of aliphatic hydroxyl groups is 1. The first-order valence-electron chi connectivity index (χ1n) is 6.14. The smallest absolute Gasteiger partial charge is 0.0436 e. The molecular weight excluding hydrogens is 196 g/mol. The summed E-state index contributed by atoms with van der Waals surface area (Å²) in [7, 11) is 0. The number of aliphatic hydroxyl groups excluding tert-OH is 1. The van der Waals surface area contributed by atoms with Gasteiger partial charge in [0.05, 0.1) is 0 Å². The highest BCUT2D eigenvalue weighted by atomic mass is 16.3. The van der Waals surface area contributed by atoms with E-state index in [1.807, 2.05) is 0 Å².